The van der Waals surface area contributed by atoms with Crippen LogP contribution in [0.1, 0.15) is 62.6 Å². The molecule has 1 aromatic carbocycles. The molecule has 2 aromatic rings. The molecule has 26 heavy (non-hydrogen) atoms. The van der Waals surface area contributed by atoms with Crippen molar-refractivity contribution in [2.24, 2.45) is 5.92 Å². The molecule has 0 spiro atoms. The fraction of sp³-hybridized carbons (Fsp3) is 0.579. The molecule has 7 heteroatoms. The van der Waals surface area contributed by atoms with Gasteiger partial charge in [0.2, 0.25) is 0 Å². The second kappa shape index (κ2) is 7.95. The van der Waals surface area contributed by atoms with E-state index in [-0.39, 0.29) is 11.5 Å². The zero-order valence-corrected chi connectivity index (χ0v) is 15.7. The maximum atomic E-state index is 11.8. The van der Waals surface area contributed by atoms with E-state index in [0.717, 1.165) is 49.7 Å². The number of benzene rings is 1. The molecule has 0 bridgehead atoms. The molecule has 1 fully saturated rings. The lowest BCUT2D eigenvalue weighted by atomic mass is 9.76. The first-order valence-corrected chi connectivity index (χ1v) is 9.41. The maximum Gasteiger partial charge on any atom is 0.338 e. The Morgan fingerprint density at radius 1 is 1.27 bits per heavy atom. The maximum absolute atomic E-state index is 11.8. The van der Waals surface area contributed by atoms with Gasteiger partial charge >= 0.3 is 5.97 Å². The minimum absolute atomic E-state index is 0.204. The van der Waals surface area contributed by atoms with Crippen LogP contribution >= 0.6 is 0 Å². The first kappa shape index (κ1) is 18.5. The highest BCUT2D eigenvalue weighted by Crippen LogP contribution is 2.38. The summed E-state index contributed by atoms with van der Waals surface area (Å²) in [6.45, 7) is 7.43. The zero-order chi connectivity index (χ0) is 18.6. The van der Waals surface area contributed by atoms with Gasteiger partial charge in [0, 0.05) is 0 Å². The normalized spacial score (nSPS) is 23.0. The number of rotatable bonds is 6. The van der Waals surface area contributed by atoms with Crippen LogP contribution in [0.25, 0.3) is 5.69 Å². The molecule has 1 aromatic heterocycles. The van der Waals surface area contributed by atoms with Crippen LogP contribution in [0, 0.1) is 5.92 Å². The van der Waals surface area contributed by atoms with Crippen molar-refractivity contribution >= 4 is 5.97 Å². The van der Waals surface area contributed by atoms with Gasteiger partial charge in [0.05, 0.1) is 23.4 Å². The van der Waals surface area contributed by atoms with Crippen LogP contribution in [-0.4, -0.2) is 39.3 Å². The lowest BCUT2D eigenvalue weighted by molar-refractivity contribution is 0.0526. The SMILES string of the molecule is CCNC1(c2nnnn2-c2ccc(C(=O)OCC)cc2)CCC(C)CC1. The molecule has 140 valence electrons. The van der Waals surface area contributed by atoms with E-state index >= 15 is 0 Å². The van der Waals surface area contributed by atoms with Gasteiger partial charge in [-0.1, -0.05) is 13.8 Å². The molecule has 0 unspecified atom stereocenters. The summed E-state index contributed by atoms with van der Waals surface area (Å²) in [5.41, 5.74) is 1.16. The summed E-state index contributed by atoms with van der Waals surface area (Å²) < 4.78 is 6.82. The van der Waals surface area contributed by atoms with Gasteiger partial charge in [-0.25, -0.2) is 4.79 Å². The van der Waals surface area contributed by atoms with Crippen LogP contribution < -0.4 is 5.32 Å². The fourth-order valence-corrected chi connectivity index (χ4v) is 3.69. The Hall–Kier alpha value is -2.28. The van der Waals surface area contributed by atoms with Gasteiger partial charge < -0.3 is 10.1 Å². The summed E-state index contributed by atoms with van der Waals surface area (Å²) in [5, 5.41) is 16.2. The average molecular weight is 357 g/mol. The molecule has 1 heterocycles. The van der Waals surface area contributed by atoms with Crippen LogP contribution in [-0.2, 0) is 10.3 Å². The summed E-state index contributed by atoms with van der Waals surface area (Å²) in [5.74, 6) is 1.26. The molecule has 1 aliphatic carbocycles. The third-order valence-corrected chi connectivity index (χ3v) is 5.16. The van der Waals surface area contributed by atoms with Gasteiger partial charge in [0.15, 0.2) is 5.82 Å². The minimum atomic E-state index is -0.318. The molecule has 0 atom stereocenters. The monoisotopic (exact) mass is 357 g/mol. The van der Waals surface area contributed by atoms with Crippen LogP contribution in [0.15, 0.2) is 24.3 Å². The van der Waals surface area contributed by atoms with Crippen molar-refractivity contribution in [3.63, 3.8) is 0 Å². The van der Waals surface area contributed by atoms with E-state index in [1.807, 2.05) is 12.1 Å². The van der Waals surface area contributed by atoms with Gasteiger partial charge in [-0.3, -0.25) is 0 Å². The summed E-state index contributed by atoms with van der Waals surface area (Å²) in [7, 11) is 0. The summed E-state index contributed by atoms with van der Waals surface area (Å²) >= 11 is 0. The van der Waals surface area contributed by atoms with E-state index < -0.39 is 0 Å². The molecular weight excluding hydrogens is 330 g/mol. The number of carbonyl (C=O) groups is 1. The van der Waals surface area contributed by atoms with Crippen LogP contribution in [0.3, 0.4) is 0 Å². The van der Waals surface area contributed by atoms with Crippen molar-refractivity contribution in [3.8, 4) is 5.69 Å². The van der Waals surface area contributed by atoms with E-state index in [1.165, 1.54) is 0 Å². The number of ether oxygens (including phenoxy) is 1. The highest BCUT2D eigenvalue weighted by molar-refractivity contribution is 5.89. The summed E-state index contributed by atoms with van der Waals surface area (Å²) in [6.07, 6.45) is 4.34. The molecular formula is C19H27N5O2. The number of esters is 1. The highest BCUT2D eigenvalue weighted by Gasteiger charge is 2.40. The Morgan fingerprint density at radius 2 is 1.96 bits per heavy atom. The van der Waals surface area contributed by atoms with Gasteiger partial charge in [-0.2, -0.15) is 4.68 Å². The number of hydrogen-bond donors (Lipinski definition) is 1. The van der Waals surface area contributed by atoms with Gasteiger partial charge in [0.25, 0.3) is 0 Å². The number of hydrogen-bond acceptors (Lipinski definition) is 6. The van der Waals surface area contributed by atoms with Crippen molar-refractivity contribution in [1.29, 1.82) is 0 Å². The smallest absolute Gasteiger partial charge is 0.338 e. The van der Waals surface area contributed by atoms with Gasteiger partial charge in [0.1, 0.15) is 0 Å². The largest absolute Gasteiger partial charge is 0.462 e. The Bertz CT molecular complexity index is 733. The number of tetrazole rings is 1. The molecule has 0 aliphatic heterocycles. The summed E-state index contributed by atoms with van der Waals surface area (Å²) in [4.78, 5) is 11.8. The third kappa shape index (κ3) is 3.62. The van der Waals surface area contributed by atoms with Gasteiger partial charge in [-0.15, -0.1) is 5.10 Å². The summed E-state index contributed by atoms with van der Waals surface area (Å²) in [6, 6.07) is 7.22. The van der Waals surface area contributed by atoms with Crippen molar-refractivity contribution in [3.05, 3.63) is 35.7 Å². The standard InChI is InChI=1S/C19H27N5O2/c1-4-20-19(12-10-14(3)11-13-19)18-21-22-23-24(18)16-8-6-15(7-9-16)17(25)26-5-2/h6-9,14,20H,4-5,10-13H2,1-3H3. The van der Waals surface area contributed by atoms with E-state index in [1.54, 1.807) is 23.7 Å². The van der Waals surface area contributed by atoms with Crippen LogP contribution in [0.2, 0.25) is 0 Å². The van der Waals surface area contributed by atoms with Gasteiger partial charge in [-0.05, 0) is 79.8 Å². The number of carbonyl (C=O) groups excluding carboxylic acids is 1. The average Bonchev–Trinajstić information content (AvgIpc) is 3.15. The first-order valence-electron chi connectivity index (χ1n) is 9.41. The fourth-order valence-electron chi connectivity index (χ4n) is 3.69. The van der Waals surface area contributed by atoms with Crippen molar-refractivity contribution in [1.82, 2.24) is 25.5 Å². The molecule has 1 aliphatic rings. The lowest BCUT2D eigenvalue weighted by Gasteiger charge is -2.38. The third-order valence-electron chi connectivity index (χ3n) is 5.16. The van der Waals surface area contributed by atoms with Crippen molar-refractivity contribution in [2.45, 2.75) is 52.0 Å². The minimum Gasteiger partial charge on any atom is -0.462 e. The number of aromatic nitrogens is 4. The predicted molar refractivity (Wildman–Crippen MR) is 98.1 cm³/mol. The van der Waals surface area contributed by atoms with E-state index in [4.69, 9.17) is 4.74 Å². The van der Waals surface area contributed by atoms with Crippen LogP contribution in [0.4, 0.5) is 0 Å². The Kier molecular flexibility index (Phi) is 5.66. The zero-order valence-electron chi connectivity index (χ0n) is 15.7. The van der Waals surface area contributed by atoms with E-state index in [2.05, 4.69) is 34.7 Å². The Balaban J connectivity index is 1.91. The van der Waals surface area contributed by atoms with E-state index in [0.29, 0.717) is 12.2 Å². The second-order valence-corrected chi connectivity index (χ2v) is 6.98. The molecule has 7 nitrogen and oxygen atoms in total. The number of nitrogens with zero attached hydrogens (tertiary/aromatic N) is 4. The first-order chi connectivity index (χ1) is 12.6. The molecule has 0 radical (unpaired) electrons. The molecule has 1 N–H and O–H groups in total. The van der Waals surface area contributed by atoms with Crippen molar-refractivity contribution < 1.29 is 9.53 Å². The van der Waals surface area contributed by atoms with E-state index in [9.17, 15) is 4.79 Å². The lowest BCUT2D eigenvalue weighted by Crippen LogP contribution is -2.47. The van der Waals surface area contributed by atoms with Crippen molar-refractivity contribution in [2.75, 3.05) is 13.2 Å². The molecule has 1 saturated carbocycles. The molecule has 0 saturated heterocycles. The predicted octanol–water partition coefficient (Wildman–Crippen LogP) is 2.85. The highest BCUT2D eigenvalue weighted by atomic mass is 16.5. The Morgan fingerprint density at radius 3 is 2.58 bits per heavy atom. The van der Waals surface area contributed by atoms with Crippen LogP contribution in [0.5, 0.6) is 0 Å². The molecule has 0 amide bonds. The topological polar surface area (TPSA) is 81.9 Å². The number of nitrogens with one attached hydrogen (secondary N) is 1. The quantitative estimate of drug-likeness (QED) is 0.801. The second-order valence-electron chi connectivity index (χ2n) is 6.98. The Labute approximate surface area is 154 Å². The molecule has 3 rings (SSSR count).